The van der Waals surface area contributed by atoms with Gasteiger partial charge >= 0.3 is 11.9 Å². The monoisotopic (exact) mass is 460 g/mol. The summed E-state index contributed by atoms with van der Waals surface area (Å²) in [7, 11) is 2.51. The molecule has 32 heavy (non-hydrogen) atoms. The van der Waals surface area contributed by atoms with Gasteiger partial charge in [-0.15, -0.1) is 11.3 Å². The second-order valence-corrected chi connectivity index (χ2v) is 8.63. The molecule has 1 N–H and O–H groups in total. The first-order valence-corrected chi connectivity index (χ1v) is 11.5. The Bertz CT molecular complexity index is 955. The Morgan fingerprint density at radius 3 is 2.34 bits per heavy atom. The summed E-state index contributed by atoms with van der Waals surface area (Å²) >= 11 is 1.59. The largest absolute Gasteiger partial charge is 0.488 e. The average Bonchev–Trinajstić information content (AvgIpc) is 3.30. The van der Waals surface area contributed by atoms with Crippen LogP contribution >= 0.6 is 11.3 Å². The molecule has 0 aliphatic carbocycles. The van der Waals surface area contributed by atoms with Crippen molar-refractivity contribution in [2.75, 3.05) is 14.2 Å². The Balaban J connectivity index is 2.04. The fourth-order valence-corrected chi connectivity index (χ4v) is 4.13. The smallest absolute Gasteiger partial charge is 0.338 e. The predicted octanol–water partition coefficient (Wildman–Crippen LogP) is 5.63. The van der Waals surface area contributed by atoms with Gasteiger partial charge in [0.2, 0.25) is 0 Å². The fraction of sp³-hybridized carbons (Fsp3) is 0.440. The van der Waals surface area contributed by atoms with E-state index < -0.39 is 17.5 Å². The summed E-state index contributed by atoms with van der Waals surface area (Å²) in [4.78, 5) is 25.0. The SMILES string of the molecule is CCC(O)(CC)CCC=C(C)c1csc(COc2ccc(C(=O)OC)c(C(=O)OC)c2)c1. The lowest BCUT2D eigenvalue weighted by atomic mass is 9.91. The number of methoxy groups -OCH3 is 2. The lowest BCUT2D eigenvalue weighted by Gasteiger charge is -2.24. The Labute approximate surface area is 193 Å². The minimum Gasteiger partial charge on any atom is -0.488 e. The van der Waals surface area contributed by atoms with E-state index in [1.165, 1.54) is 26.4 Å². The molecule has 6 nitrogen and oxygen atoms in total. The van der Waals surface area contributed by atoms with E-state index in [4.69, 9.17) is 14.2 Å². The quantitative estimate of drug-likeness (QED) is 0.437. The van der Waals surface area contributed by atoms with Crippen LogP contribution in [-0.2, 0) is 16.1 Å². The van der Waals surface area contributed by atoms with Crippen molar-refractivity contribution in [3.8, 4) is 5.75 Å². The van der Waals surface area contributed by atoms with Gasteiger partial charge in [-0.3, -0.25) is 0 Å². The summed E-state index contributed by atoms with van der Waals surface area (Å²) in [5.74, 6) is -0.787. The second-order valence-electron chi connectivity index (χ2n) is 7.64. The van der Waals surface area contributed by atoms with Crippen LogP contribution in [0.5, 0.6) is 5.75 Å². The van der Waals surface area contributed by atoms with Gasteiger partial charge in [0.15, 0.2) is 0 Å². The molecule has 0 radical (unpaired) electrons. The van der Waals surface area contributed by atoms with Crippen molar-refractivity contribution in [1.82, 2.24) is 0 Å². The molecule has 0 atom stereocenters. The van der Waals surface area contributed by atoms with Crippen LogP contribution in [0, 0.1) is 0 Å². The van der Waals surface area contributed by atoms with E-state index in [-0.39, 0.29) is 11.1 Å². The Morgan fingerprint density at radius 1 is 1.06 bits per heavy atom. The van der Waals surface area contributed by atoms with Crippen LogP contribution in [0.4, 0.5) is 0 Å². The lowest BCUT2D eigenvalue weighted by molar-refractivity contribution is 0.0246. The predicted molar refractivity (Wildman–Crippen MR) is 126 cm³/mol. The summed E-state index contributed by atoms with van der Waals surface area (Å²) in [5.41, 5.74) is 1.93. The number of allylic oxidation sites excluding steroid dienone is 2. The standard InChI is InChI=1S/C25H32O6S/c1-6-25(28,7-2)12-8-9-17(3)18-13-20(32-16-18)15-31-19-10-11-21(23(26)29-4)22(14-19)24(27)30-5/h9-11,13-14,16,28H,6-8,12,15H2,1-5H3. The molecule has 0 bridgehead atoms. The van der Waals surface area contributed by atoms with Gasteiger partial charge in [0.1, 0.15) is 12.4 Å². The van der Waals surface area contributed by atoms with Crippen molar-refractivity contribution >= 4 is 28.8 Å². The van der Waals surface area contributed by atoms with Gasteiger partial charge in [-0.1, -0.05) is 19.9 Å². The summed E-state index contributed by atoms with van der Waals surface area (Å²) in [6.07, 6.45) is 5.26. The number of esters is 2. The maximum Gasteiger partial charge on any atom is 0.338 e. The number of benzene rings is 1. The van der Waals surface area contributed by atoms with E-state index in [0.29, 0.717) is 12.4 Å². The van der Waals surface area contributed by atoms with Gasteiger partial charge in [0.05, 0.1) is 30.9 Å². The molecule has 1 heterocycles. The highest BCUT2D eigenvalue weighted by Gasteiger charge is 2.21. The second kappa shape index (κ2) is 11.8. The molecular formula is C25H32O6S. The van der Waals surface area contributed by atoms with Crippen LogP contribution in [-0.4, -0.2) is 36.9 Å². The number of rotatable bonds is 11. The van der Waals surface area contributed by atoms with Crippen LogP contribution in [0.2, 0.25) is 0 Å². The minimum absolute atomic E-state index is 0.0987. The molecular weight excluding hydrogens is 428 g/mol. The highest BCUT2D eigenvalue weighted by molar-refractivity contribution is 7.10. The molecule has 0 saturated heterocycles. The molecule has 7 heteroatoms. The van der Waals surface area contributed by atoms with Crippen LogP contribution in [0.3, 0.4) is 0 Å². The normalized spacial score (nSPS) is 11.9. The number of hydrogen-bond acceptors (Lipinski definition) is 7. The van der Waals surface area contributed by atoms with Crippen LogP contribution in [0.25, 0.3) is 5.57 Å². The zero-order valence-corrected chi connectivity index (χ0v) is 20.2. The molecule has 0 aliphatic heterocycles. The highest BCUT2D eigenvalue weighted by Crippen LogP contribution is 2.27. The third-order valence-corrected chi connectivity index (χ3v) is 6.58. The number of ether oxygens (including phenoxy) is 3. The van der Waals surface area contributed by atoms with Crippen molar-refractivity contribution in [2.24, 2.45) is 0 Å². The van der Waals surface area contributed by atoms with Crippen molar-refractivity contribution in [1.29, 1.82) is 0 Å². The Hall–Kier alpha value is -2.64. The van der Waals surface area contributed by atoms with Crippen molar-refractivity contribution < 1.29 is 28.9 Å². The average molecular weight is 461 g/mol. The lowest BCUT2D eigenvalue weighted by Crippen LogP contribution is -2.25. The number of thiophene rings is 1. The summed E-state index contributed by atoms with van der Waals surface area (Å²) in [6, 6.07) is 6.68. The molecule has 2 aromatic rings. The zero-order chi connectivity index (χ0) is 23.7. The van der Waals surface area contributed by atoms with E-state index in [1.807, 2.05) is 13.8 Å². The van der Waals surface area contributed by atoms with E-state index >= 15 is 0 Å². The molecule has 0 saturated carbocycles. The van der Waals surface area contributed by atoms with Gasteiger partial charge in [-0.25, -0.2) is 9.59 Å². The molecule has 0 aliphatic rings. The van der Waals surface area contributed by atoms with E-state index in [9.17, 15) is 14.7 Å². The maximum atomic E-state index is 12.0. The van der Waals surface area contributed by atoms with Crippen molar-refractivity contribution in [2.45, 2.75) is 58.7 Å². The van der Waals surface area contributed by atoms with Gasteiger partial charge in [-0.2, -0.15) is 0 Å². The molecule has 1 aromatic heterocycles. The molecule has 1 aromatic carbocycles. The number of hydrogen-bond donors (Lipinski definition) is 1. The molecule has 0 amide bonds. The van der Waals surface area contributed by atoms with Crippen LogP contribution in [0.1, 0.15) is 77.6 Å². The topological polar surface area (TPSA) is 82.1 Å². The molecule has 0 fully saturated rings. The maximum absolute atomic E-state index is 12.0. The third kappa shape index (κ3) is 6.68. The summed E-state index contributed by atoms with van der Waals surface area (Å²) < 4.78 is 15.3. The van der Waals surface area contributed by atoms with Crippen molar-refractivity contribution in [3.63, 3.8) is 0 Å². The first kappa shape index (κ1) is 25.6. The van der Waals surface area contributed by atoms with Crippen molar-refractivity contribution in [3.05, 3.63) is 57.3 Å². The molecule has 174 valence electrons. The molecule has 0 unspecified atom stereocenters. The zero-order valence-electron chi connectivity index (χ0n) is 19.4. The Morgan fingerprint density at radius 2 is 1.72 bits per heavy atom. The Kier molecular flexibility index (Phi) is 9.47. The van der Waals surface area contributed by atoms with Gasteiger partial charge < -0.3 is 19.3 Å². The first-order chi connectivity index (χ1) is 15.3. The van der Waals surface area contributed by atoms with Gasteiger partial charge in [-0.05, 0) is 73.4 Å². The third-order valence-electron chi connectivity index (χ3n) is 5.67. The summed E-state index contributed by atoms with van der Waals surface area (Å²) in [5, 5.41) is 12.5. The van der Waals surface area contributed by atoms with Crippen LogP contribution < -0.4 is 4.74 Å². The van der Waals surface area contributed by atoms with Gasteiger partial charge in [0, 0.05) is 4.88 Å². The number of carbonyl (C=O) groups excluding carboxylic acids is 2. The first-order valence-electron chi connectivity index (χ1n) is 10.7. The molecule has 2 rings (SSSR count). The number of carbonyl (C=O) groups is 2. The minimum atomic E-state index is -0.631. The van der Waals surface area contributed by atoms with E-state index in [2.05, 4.69) is 24.4 Å². The van der Waals surface area contributed by atoms with E-state index in [0.717, 1.165) is 41.7 Å². The van der Waals surface area contributed by atoms with E-state index in [1.54, 1.807) is 17.4 Å². The highest BCUT2D eigenvalue weighted by atomic mass is 32.1. The van der Waals surface area contributed by atoms with Crippen LogP contribution in [0.15, 0.2) is 35.7 Å². The fourth-order valence-electron chi connectivity index (χ4n) is 3.28. The number of aliphatic hydroxyl groups is 1. The molecule has 0 spiro atoms. The summed E-state index contributed by atoms with van der Waals surface area (Å²) in [6.45, 7) is 6.43. The van der Waals surface area contributed by atoms with Gasteiger partial charge in [0.25, 0.3) is 0 Å².